The molecule has 3 heterocycles. The number of pyridine rings is 1. The number of amides is 2. The van der Waals surface area contributed by atoms with Crippen LogP contribution in [0.25, 0.3) is 5.65 Å². The fourth-order valence-corrected chi connectivity index (χ4v) is 4.00. The molecule has 1 N–H and O–H groups in total. The summed E-state index contributed by atoms with van der Waals surface area (Å²) in [5.74, 6) is 0.331. The van der Waals surface area contributed by atoms with Gasteiger partial charge in [-0.15, -0.1) is 0 Å². The van der Waals surface area contributed by atoms with E-state index in [1.54, 1.807) is 17.0 Å². The van der Waals surface area contributed by atoms with Crippen LogP contribution in [0.3, 0.4) is 0 Å². The van der Waals surface area contributed by atoms with Gasteiger partial charge in [0.2, 0.25) is 0 Å². The number of likely N-dealkylation sites (tertiary alicyclic amines) is 1. The molecule has 0 spiro atoms. The number of carbonyl (C=O) groups excluding carboxylic acids is 2. The highest BCUT2D eigenvalue weighted by atomic mass is 16.6. The summed E-state index contributed by atoms with van der Waals surface area (Å²) in [5, 5.41) is 3.09. The van der Waals surface area contributed by atoms with E-state index >= 15 is 0 Å². The molecule has 0 radical (unpaired) electrons. The molecule has 8 nitrogen and oxygen atoms in total. The van der Waals surface area contributed by atoms with Gasteiger partial charge in [0.1, 0.15) is 23.6 Å². The maximum absolute atomic E-state index is 13.0. The van der Waals surface area contributed by atoms with E-state index in [-0.39, 0.29) is 24.6 Å². The molecule has 1 aromatic carbocycles. The number of fused-ring (bicyclic) bond motifs is 1. The van der Waals surface area contributed by atoms with Crippen molar-refractivity contribution in [3.8, 4) is 5.75 Å². The molecule has 1 aliphatic rings. The van der Waals surface area contributed by atoms with Gasteiger partial charge in [0.05, 0.1) is 11.3 Å². The number of hydrogen-bond acceptors (Lipinski definition) is 5. The van der Waals surface area contributed by atoms with Crippen LogP contribution in [0.2, 0.25) is 0 Å². The van der Waals surface area contributed by atoms with Crippen molar-refractivity contribution in [2.45, 2.75) is 58.8 Å². The van der Waals surface area contributed by atoms with Crippen LogP contribution in [-0.4, -0.2) is 51.0 Å². The molecule has 2 aromatic heterocycles. The Hall–Kier alpha value is -3.55. The largest absolute Gasteiger partial charge is 0.486 e. The number of piperidine rings is 1. The van der Waals surface area contributed by atoms with Crippen LogP contribution in [-0.2, 0) is 11.3 Å². The van der Waals surface area contributed by atoms with E-state index < -0.39 is 5.60 Å². The van der Waals surface area contributed by atoms with Crippen LogP contribution in [0.15, 0.2) is 48.8 Å². The van der Waals surface area contributed by atoms with Crippen molar-refractivity contribution in [2.75, 3.05) is 13.1 Å². The number of carbonyl (C=O) groups is 2. The number of rotatable bonds is 5. The number of nitrogens with one attached hydrogen (secondary N) is 1. The molecule has 0 atom stereocenters. The molecule has 1 fully saturated rings. The van der Waals surface area contributed by atoms with Crippen molar-refractivity contribution in [2.24, 2.45) is 0 Å². The van der Waals surface area contributed by atoms with Gasteiger partial charge in [0.15, 0.2) is 0 Å². The minimum atomic E-state index is -0.520. The van der Waals surface area contributed by atoms with Crippen molar-refractivity contribution in [3.63, 3.8) is 0 Å². The summed E-state index contributed by atoms with van der Waals surface area (Å²) in [5.41, 5.74) is 2.74. The normalized spacial score (nSPS) is 14.8. The Morgan fingerprint density at radius 3 is 2.56 bits per heavy atom. The second-order valence-corrected chi connectivity index (χ2v) is 9.65. The lowest BCUT2D eigenvalue weighted by atomic mass is 10.0. The van der Waals surface area contributed by atoms with Crippen LogP contribution in [0.4, 0.5) is 4.79 Å². The molecule has 1 aliphatic heterocycles. The van der Waals surface area contributed by atoms with Crippen LogP contribution >= 0.6 is 0 Å². The SMILES string of the molecule is Cc1cccn2cc(COc3ccccc3C(=O)NC3CCN(C(=O)OC(C)(C)C)CC3)nc12. The second-order valence-electron chi connectivity index (χ2n) is 9.65. The molecule has 0 bridgehead atoms. The molecular weight excluding hydrogens is 432 g/mol. The molecule has 1 saturated heterocycles. The van der Waals surface area contributed by atoms with Crippen LogP contribution in [0.1, 0.15) is 55.2 Å². The number of hydrogen-bond donors (Lipinski definition) is 1. The van der Waals surface area contributed by atoms with Crippen molar-refractivity contribution < 1.29 is 19.1 Å². The van der Waals surface area contributed by atoms with Gasteiger partial charge in [0, 0.05) is 31.5 Å². The highest BCUT2D eigenvalue weighted by Gasteiger charge is 2.28. The van der Waals surface area contributed by atoms with Gasteiger partial charge in [-0.3, -0.25) is 4.79 Å². The number of aromatic nitrogens is 2. The van der Waals surface area contributed by atoms with Gasteiger partial charge >= 0.3 is 6.09 Å². The van der Waals surface area contributed by atoms with Gasteiger partial charge < -0.3 is 24.1 Å². The van der Waals surface area contributed by atoms with Crippen LogP contribution < -0.4 is 10.1 Å². The van der Waals surface area contributed by atoms with Crippen molar-refractivity contribution in [1.29, 1.82) is 0 Å². The summed E-state index contributed by atoms with van der Waals surface area (Å²) in [4.78, 5) is 31.6. The smallest absolute Gasteiger partial charge is 0.410 e. The number of imidazole rings is 1. The zero-order chi connectivity index (χ0) is 24.3. The first-order chi connectivity index (χ1) is 16.2. The van der Waals surface area contributed by atoms with Gasteiger partial charge in [0.25, 0.3) is 5.91 Å². The monoisotopic (exact) mass is 464 g/mol. The molecule has 4 rings (SSSR count). The number of para-hydroxylation sites is 1. The molecule has 0 unspecified atom stereocenters. The Morgan fingerprint density at radius 2 is 1.85 bits per heavy atom. The summed E-state index contributed by atoms with van der Waals surface area (Å²) >= 11 is 0. The quantitative estimate of drug-likeness (QED) is 0.607. The highest BCUT2D eigenvalue weighted by molar-refractivity contribution is 5.97. The van der Waals surface area contributed by atoms with E-state index in [9.17, 15) is 9.59 Å². The van der Waals surface area contributed by atoms with E-state index in [1.165, 1.54) is 0 Å². The van der Waals surface area contributed by atoms with Gasteiger partial charge in [-0.25, -0.2) is 9.78 Å². The summed E-state index contributed by atoms with van der Waals surface area (Å²) < 4.78 is 13.4. The number of aryl methyl sites for hydroxylation is 1. The van der Waals surface area contributed by atoms with Crippen LogP contribution in [0, 0.1) is 6.92 Å². The summed E-state index contributed by atoms with van der Waals surface area (Å²) in [7, 11) is 0. The van der Waals surface area contributed by atoms with E-state index in [0.717, 1.165) is 16.9 Å². The first-order valence-electron chi connectivity index (χ1n) is 11.6. The van der Waals surface area contributed by atoms with Gasteiger partial charge in [-0.1, -0.05) is 18.2 Å². The maximum Gasteiger partial charge on any atom is 0.410 e. The molecule has 2 amide bonds. The number of ether oxygens (including phenoxy) is 2. The maximum atomic E-state index is 13.0. The third-order valence-electron chi connectivity index (χ3n) is 5.72. The van der Waals surface area contributed by atoms with Crippen molar-refractivity contribution in [1.82, 2.24) is 19.6 Å². The minimum Gasteiger partial charge on any atom is -0.486 e. The van der Waals surface area contributed by atoms with Crippen molar-refractivity contribution >= 4 is 17.6 Å². The highest BCUT2D eigenvalue weighted by Crippen LogP contribution is 2.21. The first kappa shape index (κ1) is 23.6. The zero-order valence-electron chi connectivity index (χ0n) is 20.2. The average Bonchev–Trinajstić information content (AvgIpc) is 3.22. The Kier molecular flexibility index (Phi) is 6.77. The third-order valence-corrected chi connectivity index (χ3v) is 5.72. The van der Waals surface area contributed by atoms with Gasteiger partial charge in [-0.2, -0.15) is 0 Å². The first-order valence-corrected chi connectivity index (χ1v) is 11.6. The Bertz CT molecular complexity index is 1170. The lowest BCUT2D eigenvalue weighted by molar-refractivity contribution is 0.0199. The minimum absolute atomic E-state index is 0.0133. The Balaban J connectivity index is 1.34. The van der Waals surface area contributed by atoms with E-state index in [4.69, 9.17) is 9.47 Å². The van der Waals surface area contributed by atoms with E-state index in [1.807, 2.05) is 68.8 Å². The van der Waals surface area contributed by atoms with Crippen LogP contribution in [0.5, 0.6) is 5.75 Å². The van der Waals surface area contributed by atoms with Gasteiger partial charge in [-0.05, 0) is 64.3 Å². The Morgan fingerprint density at radius 1 is 1.12 bits per heavy atom. The summed E-state index contributed by atoms with van der Waals surface area (Å²) in [6, 6.07) is 11.2. The third kappa shape index (κ3) is 5.68. The Labute approximate surface area is 199 Å². The summed E-state index contributed by atoms with van der Waals surface area (Å²) in [6.45, 7) is 8.94. The molecule has 0 aliphatic carbocycles. The molecule has 180 valence electrons. The lowest BCUT2D eigenvalue weighted by Gasteiger charge is -2.33. The predicted octanol–water partition coefficient (Wildman–Crippen LogP) is 4.35. The van der Waals surface area contributed by atoms with E-state index in [0.29, 0.717) is 37.2 Å². The average molecular weight is 465 g/mol. The predicted molar refractivity (Wildman–Crippen MR) is 129 cm³/mol. The lowest BCUT2D eigenvalue weighted by Crippen LogP contribution is -2.47. The molecule has 0 saturated carbocycles. The summed E-state index contributed by atoms with van der Waals surface area (Å²) in [6.07, 6.45) is 4.93. The van der Waals surface area contributed by atoms with Crippen molar-refractivity contribution in [3.05, 3.63) is 65.6 Å². The second kappa shape index (κ2) is 9.75. The van der Waals surface area contributed by atoms with E-state index in [2.05, 4.69) is 10.3 Å². The fourth-order valence-electron chi connectivity index (χ4n) is 4.00. The topological polar surface area (TPSA) is 85.2 Å². The molecule has 8 heteroatoms. The molecule has 3 aromatic rings. The number of nitrogens with zero attached hydrogens (tertiary/aromatic N) is 3. The molecule has 34 heavy (non-hydrogen) atoms. The fraction of sp³-hybridized carbons (Fsp3) is 0.423. The standard InChI is InChI=1S/C26H32N4O4/c1-18-8-7-13-30-16-20(27-23(18)30)17-33-22-10-6-5-9-21(22)24(31)28-19-11-14-29(15-12-19)25(32)34-26(2,3)4/h5-10,13,16,19H,11-12,14-15,17H2,1-4H3,(H,28,31). The zero-order valence-corrected chi connectivity index (χ0v) is 20.2. The molecular formula is C26H32N4O4. The number of benzene rings is 1.